The molecule has 14 heavy (non-hydrogen) atoms. The molecule has 0 spiro atoms. The van der Waals surface area contributed by atoms with Crippen molar-refractivity contribution in [3.8, 4) is 0 Å². The standard InChI is InChI=1S/C9H20FO3P/c1-3-5-7-9(8-6-4-2)13-14(10,11)12/h9H,3-8H2,1-2H3,(H,11,12). The summed E-state index contributed by atoms with van der Waals surface area (Å²) in [6.07, 6.45) is 4.66. The van der Waals surface area contributed by atoms with E-state index in [-0.39, 0.29) is 0 Å². The van der Waals surface area contributed by atoms with Crippen molar-refractivity contribution >= 4 is 7.91 Å². The summed E-state index contributed by atoms with van der Waals surface area (Å²) in [6.45, 7) is 4.04. The zero-order chi connectivity index (χ0) is 11.0. The van der Waals surface area contributed by atoms with Crippen LogP contribution in [0.3, 0.4) is 0 Å². The lowest BCUT2D eigenvalue weighted by Gasteiger charge is -2.16. The molecule has 0 aromatic carbocycles. The van der Waals surface area contributed by atoms with Crippen LogP contribution < -0.4 is 0 Å². The number of hydrogen-bond acceptors (Lipinski definition) is 2. The fraction of sp³-hybridized carbons (Fsp3) is 1.00. The molecule has 0 aromatic heterocycles. The Hall–Kier alpha value is 0.0800. The topological polar surface area (TPSA) is 46.5 Å². The summed E-state index contributed by atoms with van der Waals surface area (Å²) in [5.74, 6) is 0. The highest BCUT2D eigenvalue weighted by molar-refractivity contribution is 7.46. The molecule has 0 aliphatic carbocycles. The predicted molar refractivity (Wildman–Crippen MR) is 54.9 cm³/mol. The highest BCUT2D eigenvalue weighted by Crippen LogP contribution is 2.46. The van der Waals surface area contributed by atoms with Gasteiger partial charge in [0.2, 0.25) is 0 Å². The molecule has 0 saturated heterocycles. The first kappa shape index (κ1) is 14.1. The van der Waals surface area contributed by atoms with Crippen LogP contribution in [0, 0.1) is 0 Å². The van der Waals surface area contributed by atoms with Gasteiger partial charge in [-0.25, -0.2) is 4.57 Å². The van der Waals surface area contributed by atoms with Gasteiger partial charge in [0.15, 0.2) is 0 Å². The molecular formula is C9H20FO3P. The Morgan fingerprint density at radius 2 is 1.71 bits per heavy atom. The average Bonchev–Trinajstić information content (AvgIpc) is 2.07. The van der Waals surface area contributed by atoms with Crippen molar-refractivity contribution in [3.05, 3.63) is 0 Å². The highest BCUT2D eigenvalue weighted by atomic mass is 31.2. The zero-order valence-corrected chi connectivity index (χ0v) is 9.80. The lowest BCUT2D eigenvalue weighted by Crippen LogP contribution is -2.10. The van der Waals surface area contributed by atoms with Crippen molar-refractivity contribution in [1.29, 1.82) is 0 Å². The minimum absolute atomic E-state index is 0.407. The molecule has 3 nitrogen and oxygen atoms in total. The van der Waals surface area contributed by atoms with Crippen LogP contribution in [-0.2, 0) is 9.09 Å². The van der Waals surface area contributed by atoms with Gasteiger partial charge in [-0.1, -0.05) is 39.5 Å². The van der Waals surface area contributed by atoms with Crippen LogP contribution >= 0.6 is 7.91 Å². The molecule has 86 valence electrons. The zero-order valence-electron chi connectivity index (χ0n) is 8.91. The highest BCUT2D eigenvalue weighted by Gasteiger charge is 2.23. The SMILES string of the molecule is CCCCC(CCCC)OP(=O)(O)F. The normalized spacial score (nSPS) is 15.8. The third kappa shape index (κ3) is 8.67. The summed E-state index contributed by atoms with van der Waals surface area (Å²) in [7, 11) is -4.80. The first-order valence-corrected chi connectivity index (χ1v) is 6.67. The summed E-state index contributed by atoms with van der Waals surface area (Å²) in [4.78, 5) is 8.45. The molecule has 0 aromatic rings. The molecule has 0 bridgehead atoms. The van der Waals surface area contributed by atoms with E-state index >= 15 is 0 Å². The molecule has 1 atom stereocenters. The van der Waals surface area contributed by atoms with Crippen molar-refractivity contribution in [2.75, 3.05) is 0 Å². The molecule has 1 N–H and O–H groups in total. The maximum absolute atomic E-state index is 12.4. The Bertz CT molecular complexity index is 173. The van der Waals surface area contributed by atoms with Crippen LogP contribution in [0.5, 0.6) is 0 Å². The number of hydrogen-bond donors (Lipinski definition) is 1. The Morgan fingerprint density at radius 3 is 2.00 bits per heavy atom. The van der Waals surface area contributed by atoms with Crippen LogP contribution in [0.15, 0.2) is 0 Å². The number of halogens is 1. The maximum atomic E-state index is 12.4. The van der Waals surface area contributed by atoms with E-state index < -0.39 is 14.0 Å². The molecular weight excluding hydrogens is 206 g/mol. The van der Waals surface area contributed by atoms with E-state index in [1.54, 1.807) is 0 Å². The van der Waals surface area contributed by atoms with Crippen LogP contribution in [-0.4, -0.2) is 11.0 Å². The van der Waals surface area contributed by atoms with Gasteiger partial charge < -0.3 is 0 Å². The van der Waals surface area contributed by atoms with Crippen LogP contribution in [0.25, 0.3) is 0 Å². The molecule has 0 aliphatic heterocycles. The number of rotatable bonds is 8. The Labute approximate surface area is 85.3 Å². The Morgan fingerprint density at radius 1 is 1.29 bits per heavy atom. The van der Waals surface area contributed by atoms with Crippen molar-refractivity contribution in [1.82, 2.24) is 0 Å². The van der Waals surface area contributed by atoms with Gasteiger partial charge >= 0.3 is 7.91 Å². The maximum Gasteiger partial charge on any atom is 0.510 e. The van der Waals surface area contributed by atoms with E-state index in [2.05, 4.69) is 4.52 Å². The molecule has 0 amide bonds. The molecule has 0 saturated carbocycles. The molecule has 0 heterocycles. The van der Waals surface area contributed by atoms with E-state index in [0.717, 1.165) is 25.7 Å². The van der Waals surface area contributed by atoms with Gasteiger partial charge in [-0.15, -0.1) is 4.20 Å². The summed E-state index contributed by atoms with van der Waals surface area (Å²) in [5, 5.41) is 0. The van der Waals surface area contributed by atoms with Gasteiger partial charge in [0.25, 0.3) is 0 Å². The van der Waals surface area contributed by atoms with E-state index in [9.17, 15) is 8.76 Å². The lowest BCUT2D eigenvalue weighted by molar-refractivity contribution is 0.132. The Balaban J connectivity index is 3.90. The van der Waals surface area contributed by atoms with Crippen molar-refractivity contribution in [3.63, 3.8) is 0 Å². The largest absolute Gasteiger partial charge is 0.510 e. The second-order valence-electron chi connectivity index (χ2n) is 3.46. The van der Waals surface area contributed by atoms with Crippen molar-refractivity contribution in [2.45, 2.75) is 58.5 Å². The molecule has 0 radical (unpaired) electrons. The van der Waals surface area contributed by atoms with E-state index in [1.165, 1.54) is 0 Å². The van der Waals surface area contributed by atoms with Crippen LogP contribution in [0.4, 0.5) is 4.20 Å². The van der Waals surface area contributed by atoms with E-state index in [0.29, 0.717) is 12.8 Å². The average molecular weight is 226 g/mol. The first-order valence-electron chi connectivity index (χ1n) is 5.20. The van der Waals surface area contributed by atoms with E-state index in [1.807, 2.05) is 13.8 Å². The smallest absolute Gasteiger partial charge is 0.299 e. The molecule has 1 unspecified atom stereocenters. The fourth-order valence-electron chi connectivity index (χ4n) is 1.30. The molecule has 5 heteroatoms. The van der Waals surface area contributed by atoms with Gasteiger partial charge in [0, 0.05) is 0 Å². The van der Waals surface area contributed by atoms with Gasteiger partial charge in [0.1, 0.15) is 0 Å². The second-order valence-corrected chi connectivity index (χ2v) is 4.58. The van der Waals surface area contributed by atoms with Gasteiger partial charge in [-0.3, -0.25) is 9.42 Å². The predicted octanol–water partition coefficient (Wildman–Crippen LogP) is 3.82. The fourth-order valence-corrected chi connectivity index (χ4v) is 1.88. The minimum Gasteiger partial charge on any atom is -0.299 e. The van der Waals surface area contributed by atoms with E-state index in [4.69, 9.17) is 4.89 Å². The van der Waals surface area contributed by atoms with Crippen molar-refractivity contribution < 1.29 is 18.2 Å². The Kier molecular flexibility index (Phi) is 7.42. The molecule has 0 aliphatic rings. The van der Waals surface area contributed by atoms with Crippen LogP contribution in [0.1, 0.15) is 52.4 Å². The van der Waals surface area contributed by atoms with Crippen molar-refractivity contribution in [2.24, 2.45) is 0 Å². The second kappa shape index (κ2) is 7.38. The summed E-state index contributed by atoms with van der Waals surface area (Å²) < 4.78 is 27.3. The summed E-state index contributed by atoms with van der Waals surface area (Å²) >= 11 is 0. The lowest BCUT2D eigenvalue weighted by atomic mass is 10.1. The number of unbranched alkanes of at least 4 members (excludes halogenated alkanes) is 2. The summed E-state index contributed by atoms with van der Waals surface area (Å²) in [6, 6.07) is 0. The monoisotopic (exact) mass is 226 g/mol. The quantitative estimate of drug-likeness (QED) is 0.640. The van der Waals surface area contributed by atoms with Gasteiger partial charge in [-0.2, -0.15) is 0 Å². The van der Waals surface area contributed by atoms with Crippen LogP contribution in [0.2, 0.25) is 0 Å². The first-order chi connectivity index (χ1) is 6.49. The molecule has 0 rings (SSSR count). The summed E-state index contributed by atoms with van der Waals surface area (Å²) in [5.41, 5.74) is 0. The minimum atomic E-state index is -4.80. The third-order valence-corrected chi connectivity index (χ3v) is 2.60. The molecule has 0 fully saturated rings. The third-order valence-electron chi connectivity index (χ3n) is 2.04. The van der Waals surface area contributed by atoms with Gasteiger partial charge in [-0.05, 0) is 12.8 Å². The van der Waals surface area contributed by atoms with Gasteiger partial charge in [0.05, 0.1) is 6.10 Å².